The number of benzene rings is 1. The highest BCUT2D eigenvalue weighted by Gasteiger charge is 2.20. The molecule has 21 heavy (non-hydrogen) atoms. The number of rotatable bonds is 6. The monoisotopic (exact) mass is 312 g/mol. The summed E-state index contributed by atoms with van der Waals surface area (Å²) >= 11 is 6.38. The van der Waals surface area contributed by atoms with E-state index >= 15 is 0 Å². The summed E-state index contributed by atoms with van der Waals surface area (Å²) in [5, 5.41) is 0.727. The van der Waals surface area contributed by atoms with E-state index in [1.807, 2.05) is 19.1 Å². The first-order chi connectivity index (χ1) is 10.2. The number of halogens is 1. The minimum Gasteiger partial charge on any atom is -0.493 e. The number of nitrogens with zero attached hydrogens (tertiary/aromatic N) is 1. The molecule has 0 bridgehead atoms. The summed E-state index contributed by atoms with van der Waals surface area (Å²) in [5.74, 6) is 2.04. The summed E-state index contributed by atoms with van der Waals surface area (Å²) in [7, 11) is 1.63. The van der Waals surface area contributed by atoms with Gasteiger partial charge in [0.15, 0.2) is 11.5 Å². The van der Waals surface area contributed by atoms with Crippen molar-refractivity contribution in [1.29, 1.82) is 0 Å². The van der Waals surface area contributed by atoms with Crippen LogP contribution in [-0.2, 0) is 6.54 Å². The van der Waals surface area contributed by atoms with Gasteiger partial charge in [-0.15, -0.1) is 0 Å². The Balaban J connectivity index is 2.13. The second-order valence-electron chi connectivity index (χ2n) is 5.51. The third kappa shape index (κ3) is 4.25. The molecule has 0 amide bonds. The van der Waals surface area contributed by atoms with E-state index in [-0.39, 0.29) is 0 Å². The number of hydrogen-bond donors (Lipinski definition) is 1. The van der Waals surface area contributed by atoms with Crippen LogP contribution in [0.2, 0.25) is 5.02 Å². The molecule has 0 radical (unpaired) electrons. The third-order valence-corrected chi connectivity index (χ3v) is 4.31. The van der Waals surface area contributed by atoms with E-state index in [2.05, 4.69) is 4.90 Å². The second-order valence-corrected chi connectivity index (χ2v) is 5.91. The smallest absolute Gasteiger partial charge is 0.162 e. The van der Waals surface area contributed by atoms with Gasteiger partial charge in [-0.1, -0.05) is 11.6 Å². The lowest BCUT2D eigenvalue weighted by atomic mass is 9.98. The third-order valence-electron chi connectivity index (χ3n) is 3.96. The number of nitrogens with two attached hydrogens (primary N) is 1. The van der Waals surface area contributed by atoms with Crippen molar-refractivity contribution in [2.75, 3.05) is 33.4 Å². The summed E-state index contributed by atoms with van der Waals surface area (Å²) in [6.07, 6.45) is 2.43. The maximum atomic E-state index is 6.38. The van der Waals surface area contributed by atoms with Gasteiger partial charge in [-0.2, -0.15) is 0 Å². The lowest BCUT2D eigenvalue weighted by Gasteiger charge is -2.32. The maximum absolute atomic E-state index is 6.38. The highest BCUT2D eigenvalue weighted by molar-refractivity contribution is 6.31. The fraction of sp³-hybridized carbons (Fsp3) is 0.625. The van der Waals surface area contributed by atoms with Crippen molar-refractivity contribution in [3.05, 3.63) is 22.7 Å². The Morgan fingerprint density at radius 3 is 2.86 bits per heavy atom. The van der Waals surface area contributed by atoms with E-state index in [1.54, 1.807) is 7.11 Å². The maximum Gasteiger partial charge on any atom is 0.162 e. The fourth-order valence-corrected chi connectivity index (χ4v) is 3.07. The van der Waals surface area contributed by atoms with Crippen LogP contribution >= 0.6 is 11.6 Å². The van der Waals surface area contributed by atoms with Crippen LogP contribution in [0.5, 0.6) is 11.5 Å². The normalized spacial score (nSPS) is 19.5. The van der Waals surface area contributed by atoms with Gasteiger partial charge in [-0.05, 0) is 50.4 Å². The molecule has 1 aliphatic rings. The Hall–Kier alpha value is -0.970. The van der Waals surface area contributed by atoms with Crippen LogP contribution < -0.4 is 15.2 Å². The molecule has 118 valence electrons. The molecule has 0 aromatic heterocycles. The first-order valence-electron chi connectivity index (χ1n) is 7.59. The van der Waals surface area contributed by atoms with Crippen molar-refractivity contribution in [3.8, 4) is 11.5 Å². The van der Waals surface area contributed by atoms with Gasteiger partial charge in [0, 0.05) is 24.2 Å². The van der Waals surface area contributed by atoms with Gasteiger partial charge >= 0.3 is 0 Å². The lowest BCUT2D eigenvalue weighted by molar-refractivity contribution is 0.171. The first-order valence-corrected chi connectivity index (χ1v) is 7.97. The standard InChI is InChI=1S/C16H25ClN2O2/c1-3-21-16-7-13(14(17)8-15(16)20-2)11-19-6-4-5-12(9-18)10-19/h7-8,12H,3-6,9-11,18H2,1-2H3/t12-/m1/s1. The van der Waals surface area contributed by atoms with Crippen LogP contribution in [0.15, 0.2) is 12.1 Å². The molecule has 2 rings (SSSR count). The quantitative estimate of drug-likeness (QED) is 0.877. The van der Waals surface area contributed by atoms with Crippen LogP contribution in [0.4, 0.5) is 0 Å². The lowest BCUT2D eigenvalue weighted by Crippen LogP contribution is -2.37. The minimum atomic E-state index is 0.599. The molecule has 1 saturated heterocycles. The Bertz CT molecular complexity index is 468. The molecule has 1 atom stereocenters. The summed E-state index contributed by atoms with van der Waals surface area (Å²) in [6, 6.07) is 3.84. The number of piperidine rings is 1. The molecular formula is C16H25ClN2O2. The Morgan fingerprint density at radius 1 is 1.38 bits per heavy atom. The van der Waals surface area contributed by atoms with E-state index in [0.29, 0.717) is 18.3 Å². The number of ether oxygens (including phenoxy) is 2. The van der Waals surface area contributed by atoms with Crippen molar-refractivity contribution in [2.45, 2.75) is 26.3 Å². The van der Waals surface area contributed by atoms with Crippen LogP contribution in [-0.4, -0.2) is 38.3 Å². The molecule has 1 aliphatic heterocycles. The largest absolute Gasteiger partial charge is 0.493 e. The molecule has 1 fully saturated rings. The molecule has 1 aromatic rings. The van der Waals surface area contributed by atoms with E-state index in [1.165, 1.54) is 12.8 Å². The van der Waals surface area contributed by atoms with E-state index in [9.17, 15) is 0 Å². The van der Waals surface area contributed by atoms with E-state index in [4.69, 9.17) is 26.8 Å². The van der Waals surface area contributed by atoms with Gasteiger partial charge in [0.05, 0.1) is 13.7 Å². The zero-order valence-electron chi connectivity index (χ0n) is 12.9. The van der Waals surface area contributed by atoms with Gasteiger partial charge in [0.25, 0.3) is 0 Å². The molecule has 1 heterocycles. The molecule has 5 heteroatoms. The Labute approximate surface area is 132 Å². The first kappa shape index (κ1) is 16.4. The molecule has 4 nitrogen and oxygen atoms in total. The number of likely N-dealkylation sites (tertiary alicyclic amines) is 1. The van der Waals surface area contributed by atoms with Crippen molar-refractivity contribution < 1.29 is 9.47 Å². The van der Waals surface area contributed by atoms with Crippen LogP contribution in [0.3, 0.4) is 0 Å². The number of hydrogen-bond acceptors (Lipinski definition) is 4. The SMILES string of the molecule is CCOc1cc(CN2CCC[C@H](CN)C2)c(Cl)cc1OC. The van der Waals surface area contributed by atoms with Gasteiger partial charge in [0.2, 0.25) is 0 Å². The minimum absolute atomic E-state index is 0.599. The van der Waals surface area contributed by atoms with Crippen molar-refractivity contribution in [3.63, 3.8) is 0 Å². The molecule has 1 aromatic carbocycles. The predicted octanol–water partition coefficient (Wildman–Crippen LogP) is 2.92. The van der Waals surface area contributed by atoms with Crippen LogP contribution in [0, 0.1) is 5.92 Å². The van der Waals surface area contributed by atoms with Crippen LogP contribution in [0.25, 0.3) is 0 Å². The predicted molar refractivity (Wildman–Crippen MR) is 86.2 cm³/mol. The summed E-state index contributed by atoms with van der Waals surface area (Å²) in [5.41, 5.74) is 6.88. The average molecular weight is 313 g/mol. The van der Waals surface area contributed by atoms with Gasteiger partial charge in [0.1, 0.15) is 0 Å². The molecule has 0 spiro atoms. The Morgan fingerprint density at radius 2 is 2.19 bits per heavy atom. The van der Waals surface area contributed by atoms with E-state index in [0.717, 1.165) is 42.5 Å². The molecule has 2 N–H and O–H groups in total. The highest BCUT2D eigenvalue weighted by atomic mass is 35.5. The van der Waals surface area contributed by atoms with Crippen molar-refractivity contribution in [1.82, 2.24) is 4.90 Å². The summed E-state index contributed by atoms with van der Waals surface area (Å²) in [6.45, 7) is 6.31. The topological polar surface area (TPSA) is 47.7 Å². The van der Waals surface area contributed by atoms with Crippen molar-refractivity contribution >= 4 is 11.6 Å². The molecule has 0 saturated carbocycles. The molecule has 0 unspecified atom stereocenters. The average Bonchev–Trinajstić information content (AvgIpc) is 2.50. The fourth-order valence-electron chi connectivity index (χ4n) is 2.85. The summed E-state index contributed by atoms with van der Waals surface area (Å²) in [4.78, 5) is 2.42. The molecule has 0 aliphatic carbocycles. The van der Waals surface area contributed by atoms with Crippen molar-refractivity contribution in [2.24, 2.45) is 11.7 Å². The van der Waals surface area contributed by atoms with Crippen LogP contribution in [0.1, 0.15) is 25.3 Å². The van der Waals surface area contributed by atoms with E-state index < -0.39 is 0 Å². The summed E-state index contributed by atoms with van der Waals surface area (Å²) < 4.78 is 11.0. The zero-order valence-corrected chi connectivity index (χ0v) is 13.7. The van der Waals surface area contributed by atoms with Gasteiger partial charge in [-0.25, -0.2) is 0 Å². The van der Waals surface area contributed by atoms with Gasteiger partial charge in [-0.3, -0.25) is 4.90 Å². The zero-order chi connectivity index (χ0) is 15.2. The Kier molecular flexibility index (Phi) is 6.15. The highest BCUT2D eigenvalue weighted by Crippen LogP contribution is 2.34. The van der Waals surface area contributed by atoms with Gasteiger partial charge < -0.3 is 15.2 Å². The molecular weight excluding hydrogens is 288 g/mol. The number of methoxy groups -OCH3 is 1. The second kappa shape index (κ2) is 7.87.